The van der Waals surface area contributed by atoms with Crippen LogP contribution in [0, 0.1) is 17.2 Å². The first-order valence-corrected chi connectivity index (χ1v) is 7.39. The number of hydrogen-bond donors (Lipinski definition) is 2. The number of rotatable bonds is 4. The van der Waals surface area contributed by atoms with E-state index >= 15 is 0 Å². The molecular weight excluding hydrogens is 274 g/mol. The monoisotopic (exact) mass is 291 g/mol. The third kappa shape index (κ3) is 3.44. The molecule has 0 saturated heterocycles. The van der Waals surface area contributed by atoms with Gasteiger partial charge in [0, 0.05) is 5.69 Å². The van der Waals surface area contributed by atoms with Crippen LogP contribution in [0.3, 0.4) is 0 Å². The van der Waals surface area contributed by atoms with Crippen molar-refractivity contribution in [1.29, 1.82) is 5.26 Å². The molecule has 0 aromatic heterocycles. The van der Waals surface area contributed by atoms with Crippen molar-refractivity contribution in [2.24, 2.45) is 5.92 Å². The van der Waals surface area contributed by atoms with Crippen LogP contribution >= 0.6 is 0 Å². The van der Waals surface area contributed by atoms with Gasteiger partial charge in [-0.15, -0.1) is 0 Å². The molecule has 1 fully saturated rings. The average molecular weight is 291 g/mol. The van der Waals surface area contributed by atoms with Crippen LogP contribution in [0.15, 0.2) is 54.6 Å². The summed E-state index contributed by atoms with van der Waals surface area (Å²) >= 11 is 0. The maximum Gasteiger partial charge on any atom is 0.319 e. The highest BCUT2D eigenvalue weighted by Crippen LogP contribution is 2.40. The van der Waals surface area contributed by atoms with E-state index in [0.717, 1.165) is 18.4 Å². The molecular formula is C18H17N3O. The number of anilines is 1. The van der Waals surface area contributed by atoms with Gasteiger partial charge in [-0.3, -0.25) is 0 Å². The predicted molar refractivity (Wildman–Crippen MR) is 85.2 cm³/mol. The van der Waals surface area contributed by atoms with E-state index in [2.05, 4.69) is 16.7 Å². The van der Waals surface area contributed by atoms with Crippen molar-refractivity contribution in [3.05, 3.63) is 65.7 Å². The third-order valence-electron chi connectivity index (χ3n) is 3.79. The first-order valence-electron chi connectivity index (χ1n) is 7.39. The highest BCUT2D eigenvalue weighted by atomic mass is 16.2. The van der Waals surface area contributed by atoms with E-state index in [1.165, 1.54) is 0 Å². The Balaban J connectivity index is 1.68. The van der Waals surface area contributed by atoms with Gasteiger partial charge < -0.3 is 10.6 Å². The number of nitrogens with zero attached hydrogens (tertiary/aromatic N) is 1. The lowest BCUT2D eigenvalue weighted by Gasteiger charge is -2.19. The zero-order valence-electron chi connectivity index (χ0n) is 12.1. The molecule has 1 aliphatic carbocycles. The van der Waals surface area contributed by atoms with E-state index in [9.17, 15) is 4.79 Å². The topological polar surface area (TPSA) is 64.9 Å². The molecule has 0 spiro atoms. The molecule has 4 heteroatoms. The Morgan fingerprint density at radius 3 is 2.59 bits per heavy atom. The fourth-order valence-electron chi connectivity index (χ4n) is 2.54. The maximum atomic E-state index is 12.2. The number of nitrogens with one attached hydrogen (secondary N) is 2. The minimum atomic E-state index is -0.240. The number of benzene rings is 2. The van der Waals surface area contributed by atoms with Crippen LogP contribution in [0.4, 0.5) is 10.5 Å². The lowest BCUT2D eigenvalue weighted by molar-refractivity contribution is 0.247. The smallest absolute Gasteiger partial charge is 0.319 e. The summed E-state index contributed by atoms with van der Waals surface area (Å²) in [6, 6.07) is 18.8. The van der Waals surface area contributed by atoms with Crippen LogP contribution in [0.25, 0.3) is 0 Å². The molecule has 0 bridgehead atoms. The van der Waals surface area contributed by atoms with Gasteiger partial charge in [-0.25, -0.2) is 4.79 Å². The van der Waals surface area contributed by atoms with Crippen LogP contribution in [-0.2, 0) is 0 Å². The van der Waals surface area contributed by atoms with Crippen molar-refractivity contribution < 1.29 is 4.79 Å². The fourth-order valence-corrected chi connectivity index (χ4v) is 2.54. The van der Waals surface area contributed by atoms with E-state index < -0.39 is 0 Å². The van der Waals surface area contributed by atoms with Crippen molar-refractivity contribution >= 4 is 11.7 Å². The quantitative estimate of drug-likeness (QED) is 0.899. The van der Waals surface area contributed by atoms with E-state index in [-0.39, 0.29) is 12.1 Å². The summed E-state index contributed by atoms with van der Waals surface area (Å²) < 4.78 is 0. The molecule has 2 aromatic rings. The lowest BCUT2D eigenvalue weighted by Crippen LogP contribution is -2.33. The van der Waals surface area contributed by atoms with Gasteiger partial charge in [0.1, 0.15) is 0 Å². The zero-order chi connectivity index (χ0) is 15.4. The Labute approximate surface area is 129 Å². The number of carbonyl (C=O) groups is 1. The molecule has 0 heterocycles. The minimum absolute atomic E-state index is 0.0420. The van der Waals surface area contributed by atoms with Crippen LogP contribution in [-0.4, -0.2) is 6.03 Å². The first-order chi connectivity index (χ1) is 10.8. The van der Waals surface area contributed by atoms with Crippen LogP contribution < -0.4 is 10.6 Å². The minimum Gasteiger partial charge on any atom is -0.331 e. The Bertz CT molecular complexity index is 702. The van der Waals surface area contributed by atoms with Crippen molar-refractivity contribution in [2.45, 2.75) is 18.9 Å². The van der Waals surface area contributed by atoms with Crippen molar-refractivity contribution in [2.75, 3.05) is 5.32 Å². The SMILES string of the molecule is N#Cc1cccc(NC(=O)NC(c2ccccc2)C2CC2)c1. The third-order valence-corrected chi connectivity index (χ3v) is 3.79. The Kier molecular flexibility index (Phi) is 4.06. The predicted octanol–water partition coefficient (Wildman–Crippen LogP) is 3.83. The summed E-state index contributed by atoms with van der Waals surface area (Å²) in [4.78, 5) is 12.2. The molecule has 4 nitrogen and oxygen atoms in total. The summed E-state index contributed by atoms with van der Waals surface area (Å²) in [5, 5.41) is 14.7. The number of urea groups is 1. The second-order valence-electron chi connectivity index (χ2n) is 5.52. The van der Waals surface area contributed by atoms with E-state index in [4.69, 9.17) is 5.26 Å². The molecule has 3 rings (SSSR count). The Hall–Kier alpha value is -2.80. The number of hydrogen-bond acceptors (Lipinski definition) is 2. The molecule has 1 unspecified atom stereocenters. The van der Waals surface area contributed by atoms with Gasteiger partial charge in [0.05, 0.1) is 17.7 Å². The van der Waals surface area contributed by atoms with Gasteiger partial charge in [-0.05, 0) is 42.5 Å². The summed E-state index contributed by atoms with van der Waals surface area (Å²) in [5.74, 6) is 0.513. The van der Waals surface area contributed by atoms with Crippen LogP contribution in [0.5, 0.6) is 0 Å². The van der Waals surface area contributed by atoms with Gasteiger partial charge in [0.15, 0.2) is 0 Å². The second-order valence-corrected chi connectivity index (χ2v) is 5.52. The largest absolute Gasteiger partial charge is 0.331 e. The Morgan fingerprint density at radius 2 is 1.91 bits per heavy atom. The molecule has 22 heavy (non-hydrogen) atoms. The van der Waals surface area contributed by atoms with Crippen LogP contribution in [0.2, 0.25) is 0 Å². The van der Waals surface area contributed by atoms with Crippen molar-refractivity contribution in [3.8, 4) is 6.07 Å². The lowest BCUT2D eigenvalue weighted by atomic mass is 10.0. The Morgan fingerprint density at radius 1 is 1.14 bits per heavy atom. The van der Waals surface area contributed by atoms with Gasteiger partial charge in [-0.1, -0.05) is 36.4 Å². The number of amides is 2. The summed E-state index contributed by atoms with van der Waals surface area (Å²) in [5.41, 5.74) is 2.28. The van der Waals surface area contributed by atoms with Gasteiger partial charge in [0.2, 0.25) is 0 Å². The van der Waals surface area contributed by atoms with Gasteiger partial charge in [-0.2, -0.15) is 5.26 Å². The fraction of sp³-hybridized carbons (Fsp3) is 0.222. The first kappa shape index (κ1) is 14.2. The normalized spacial score (nSPS) is 14.7. The van der Waals surface area contributed by atoms with E-state index in [1.54, 1.807) is 24.3 Å². The molecule has 2 aromatic carbocycles. The van der Waals surface area contributed by atoms with Crippen molar-refractivity contribution in [1.82, 2.24) is 5.32 Å². The summed E-state index contributed by atoms with van der Waals surface area (Å²) in [6.07, 6.45) is 2.29. The highest BCUT2D eigenvalue weighted by Gasteiger charge is 2.33. The van der Waals surface area contributed by atoms with Gasteiger partial charge in [0.25, 0.3) is 0 Å². The summed E-state index contributed by atoms with van der Waals surface area (Å²) in [6.45, 7) is 0. The van der Waals surface area contributed by atoms with E-state index in [0.29, 0.717) is 17.2 Å². The molecule has 1 atom stereocenters. The molecule has 110 valence electrons. The van der Waals surface area contributed by atoms with Crippen LogP contribution in [0.1, 0.15) is 30.0 Å². The van der Waals surface area contributed by atoms with E-state index in [1.807, 2.05) is 30.3 Å². The van der Waals surface area contributed by atoms with Gasteiger partial charge >= 0.3 is 6.03 Å². The second kappa shape index (κ2) is 6.31. The molecule has 0 radical (unpaired) electrons. The highest BCUT2D eigenvalue weighted by molar-refractivity contribution is 5.89. The summed E-state index contributed by atoms with van der Waals surface area (Å²) in [7, 11) is 0. The maximum absolute atomic E-state index is 12.2. The number of nitriles is 1. The standard InChI is InChI=1S/C18H17N3O/c19-12-13-5-4-8-16(11-13)20-18(22)21-17(15-9-10-15)14-6-2-1-3-7-14/h1-8,11,15,17H,9-10H2,(H2,20,21,22). The molecule has 2 N–H and O–H groups in total. The molecule has 0 aliphatic heterocycles. The number of carbonyl (C=O) groups excluding carboxylic acids is 1. The molecule has 1 saturated carbocycles. The average Bonchev–Trinajstić information content (AvgIpc) is 3.38. The molecule has 2 amide bonds. The molecule has 1 aliphatic rings. The van der Waals surface area contributed by atoms with Crippen molar-refractivity contribution in [3.63, 3.8) is 0 Å². The zero-order valence-corrected chi connectivity index (χ0v) is 12.1.